The van der Waals surface area contributed by atoms with Gasteiger partial charge in [-0.1, -0.05) is 26.7 Å². The van der Waals surface area contributed by atoms with Crippen molar-refractivity contribution in [3.05, 3.63) is 48.0 Å². The number of nitrogens with one attached hydrogen (secondary N) is 2. The van der Waals surface area contributed by atoms with Gasteiger partial charge in [0.1, 0.15) is 5.82 Å². The monoisotopic (exact) mass is 473 g/mol. The molecule has 7 heteroatoms. The molecule has 0 aliphatic rings. The minimum absolute atomic E-state index is 0. The van der Waals surface area contributed by atoms with Crippen LogP contribution in [0.4, 0.5) is 4.39 Å². The van der Waals surface area contributed by atoms with E-state index < -0.39 is 0 Å². The van der Waals surface area contributed by atoms with Gasteiger partial charge >= 0.3 is 0 Å². The third-order valence-electron chi connectivity index (χ3n) is 4.35. The van der Waals surface area contributed by atoms with E-state index in [0.717, 1.165) is 36.9 Å². The molecule has 0 radical (unpaired) electrons. The van der Waals surface area contributed by atoms with Crippen LogP contribution < -0.4 is 10.6 Å². The van der Waals surface area contributed by atoms with Crippen molar-refractivity contribution in [3.8, 4) is 5.69 Å². The summed E-state index contributed by atoms with van der Waals surface area (Å²) in [7, 11) is 1.78. The van der Waals surface area contributed by atoms with Crippen LogP contribution in [0.3, 0.4) is 0 Å². The molecule has 0 aliphatic heterocycles. The van der Waals surface area contributed by atoms with E-state index in [-0.39, 0.29) is 29.8 Å². The second kappa shape index (κ2) is 11.9. The summed E-state index contributed by atoms with van der Waals surface area (Å²) >= 11 is 0. The average Bonchev–Trinajstić information content (AvgIpc) is 3.10. The van der Waals surface area contributed by atoms with Crippen LogP contribution in [0.15, 0.2) is 41.5 Å². The molecular formula is C19H29FIN5. The third kappa shape index (κ3) is 6.93. The first-order valence-electron chi connectivity index (χ1n) is 8.91. The summed E-state index contributed by atoms with van der Waals surface area (Å²) < 4.78 is 14.7. The fourth-order valence-electron chi connectivity index (χ4n) is 2.58. The van der Waals surface area contributed by atoms with Gasteiger partial charge in [-0.25, -0.2) is 9.07 Å². The Balaban J connectivity index is 0.00000338. The highest BCUT2D eigenvalue weighted by Gasteiger charge is 2.06. The average molecular weight is 473 g/mol. The van der Waals surface area contributed by atoms with Gasteiger partial charge in [0, 0.05) is 32.8 Å². The molecule has 0 unspecified atom stereocenters. The maximum atomic E-state index is 13.0. The first kappa shape index (κ1) is 22.4. The Bertz CT molecular complexity index is 665. The standard InChI is InChI=1S/C19H28FN5.HI/c1-4-15(5-2)14-23-19(21-3)22-12-10-17-11-13-25(24-17)18-8-6-16(20)7-9-18;/h6-9,11,13,15H,4-5,10,12,14H2,1-3H3,(H2,21,22,23);1H. The molecule has 0 bridgehead atoms. The van der Waals surface area contributed by atoms with Crippen molar-refractivity contribution >= 4 is 29.9 Å². The van der Waals surface area contributed by atoms with Crippen molar-refractivity contribution in [1.82, 2.24) is 20.4 Å². The predicted molar refractivity (Wildman–Crippen MR) is 116 cm³/mol. The van der Waals surface area contributed by atoms with E-state index in [1.54, 1.807) is 23.9 Å². The van der Waals surface area contributed by atoms with Crippen LogP contribution in [0.5, 0.6) is 0 Å². The highest BCUT2D eigenvalue weighted by atomic mass is 127. The fourth-order valence-corrected chi connectivity index (χ4v) is 2.58. The Hall–Kier alpha value is -1.64. The van der Waals surface area contributed by atoms with E-state index in [9.17, 15) is 4.39 Å². The lowest BCUT2D eigenvalue weighted by Gasteiger charge is -2.16. The highest BCUT2D eigenvalue weighted by Crippen LogP contribution is 2.09. The van der Waals surface area contributed by atoms with E-state index >= 15 is 0 Å². The molecule has 1 heterocycles. The molecule has 1 aromatic heterocycles. The molecular weight excluding hydrogens is 444 g/mol. The van der Waals surface area contributed by atoms with Crippen molar-refractivity contribution < 1.29 is 4.39 Å². The molecule has 0 atom stereocenters. The topological polar surface area (TPSA) is 54.2 Å². The first-order valence-corrected chi connectivity index (χ1v) is 8.91. The molecule has 0 fully saturated rings. The zero-order valence-electron chi connectivity index (χ0n) is 15.7. The number of aliphatic imine (C=N–C) groups is 1. The molecule has 2 aromatic rings. The van der Waals surface area contributed by atoms with Crippen LogP contribution in [-0.2, 0) is 6.42 Å². The Morgan fingerprint density at radius 3 is 2.46 bits per heavy atom. The lowest BCUT2D eigenvalue weighted by Crippen LogP contribution is -2.40. The van der Waals surface area contributed by atoms with Gasteiger partial charge < -0.3 is 10.6 Å². The SMILES string of the molecule is CCC(CC)CNC(=NC)NCCc1ccn(-c2ccc(F)cc2)n1.I. The molecule has 0 aliphatic carbocycles. The zero-order chi connectivity index (χ0) is 18.1. The van der Waals surface area contributed by atoms with Crippen molar-refractivity contribution in [2.24, 2.45) is 10.9 Å². The van der Waals surface area contributed by atoms with E-state index in [1.165, 1.54) is 25.0 Å². The van der Waals surface area contributed by atoms with Crippen LogP contribution in [0, 0.1) is 11.7 Å². The summed E-state index contributed by atoms with van der Waals surface area (Å²) in [5.74, 6) is 1.25. The van der Waals surface area contributed by atoms with E-state index in [4.69, 9.17) is 0 Å². The van der Waals surface area contributed by atoms with E-state index in [0.29, 0.717) is 5.92 Å². The van der Waals surface area contributed by atoms with Crippen molar-refractivity contribution in [3.63, 3.8) is 0 Å². The minimum Gasteiger partial charge on any atom is -0.356 e. The maximum Gasteiger partial charge on any atom is 0.190 e. The van der Waals surface area contributed by atoms with Gasteiger partial charge in [0.15, 0.2) is 5.96 Å². The van der Waals surface area contributed by atoms with Gasteiger partial charge in [0.2, 0.25) is 0 Å². The predicted octanol–water partition coefficient (Wildman–Crippen LogP) is 3.77. The number of halogens is 2. The van der Waals surface area contributed by atoms with Gasteiger partial charge in [-0.3, -0.25) is 4.99 Å². The van der Waals surface area contributed by atoms with Crippen LogP contribution in [0.1, 0.15) is 32.4 Å². The second-order valence-electron chi connectivity index (χ2n) is 6.04. The second-order valence-corrected chi connectivity index (χ2v) is 6.04. The van der Waals surface area contributed by atoms with Gasteiger partial charge in [-0.2, -0.15) is 5.10 Å². The molecule has 5 nitrogen and oxygen atoms in total. The molecule has 2 rings (SSSR count). The van der Waals surface area contributed by atoms with Gasteiger partial charge in [-0.05, 0) is 36.2 Å². The van der Waals surface area contributed by atoms with Crippen LogP contribution in [0.25, 0.3) is 5.69 Å². The minimum atomic E-state index is -0.243. The summed E-state index contributed by atoms with van der Waals surface area (Å²) in [6.07, 6.45) is 5.02. The quantitative estimate of drug-likeness (QED) is 0.349. The number of rotatable bonds is 8. The van der Waals surface area contributed by atoms with Crippen molar-refractivity contribution in [2.45, 2.75) is 33.1 Å². The summed E-state index contributed by atoms with van der Waals surface area (Å²) in [6.45, 7) is 6.11. The molecule has 144 valence electrons. The number of hydrogen-bond acceptors (Lipinski definition) is 2. The molecule has 2 N–H and O–H groups in total. The first-order chi connectivity index (χ1) is 12.2. The van der Waals surface area contributed by atoms with Gasteiger partial charge in [0.25, 0.3) is 0 Å². The summed E-state index contributed by atoms with van der Waals surface area (Å²) in [5.41, 5.74) is 1.83. The molecule has 0 saturated heterocycles. The zero-order valence-corrected chi connectivity index (χ0v) is 18.0. The normalized spacial score (nSPS) is 11.3. The summed E-state index contributed by atoms with van der Waals surface area (Å²) in [5, 5.41) is 11.2. The maximum absolute atomic E-state index is 13.0. The summed E-state index contributed by atoms with van der Waals surface area (Å²) in [6, 6.07) is 8.29. The lowest BCUT2D eigenvalue weighted by atomic mass is 10.0. The fraction of sp³-hybridized carbons (Fsp3) is 0.474. The van der Waals surface area contributed by atoms with Crippen molar-refractivity contribution in [2.75, 3.05) is 20.1 Å². The lowest BCUT2D eigenvalue weighted by molar-refractivity contribution is 0.481. The van der Waals surface area contributed by atoms with E-state index in [1.807, 2.05) is 12.3 Å². The highest BCUT2D eigenvalue weighted by molar-refractivity contribution is 14.0. The molecule has 0 spiro atoms. The Morgan fingerprint density at radius 1 is 1.15 bits per heavy atom. The third-order valence-corrected chi connectivity index (χ3v) is 4.35. The largest absolute Gasteiger partial charge is 0.356 e. The number of aromatic nitrogens is 2. The molecule has 1 aromatic carbocycles. The van der Waals surface area contributed by atoms with Gasteiger partial charge in [0.05, 0.1) is 11.4 Å². The van der Waals surface area contributed by atoms with Crippen LogP contribution in [-0.4, -0.2) is 35.9 Å². The molecule has 26 heavy (non-hydrogen) atoms. The van der Waals surface area contributed by atoms with Crippen LogP contribution in [0.2, 0.25) is 0 Å². The molecule has 0 saturated carbocycles. The number of benzene rings is 1. The number of nitrogens with zero attached hydrogens (tertiary/aromatic N) is 3. The van der Waals surface area contributed by atoms with Crippen LogP contribution >= 0.6 is 24.0 Å². The Labute approximate surface area is 172 Å². The smallest absolute Gasteiger partial charge is 0.190 e. The number of guanidine groups is 1. The molecule has 0 amide bonds. The summed E-state index contributed by atoms with van der Waals surface area (Å²) in [4.78, 5) is 4.25. The van der Waals surface area contributed by atoms with Gasteiger partial charge in [-0.15, -0.1) is 24.0 Å². The van der Waals surface area contributed by atoms with E-state index in [2.05, 4.69) is 34.6 Å². The number of hydrogen-bond donors (Lipinski definition) is 2. The van der Waals surface area contributed by atoms with Crippen molar-refractivity contribution in [1.29, 1.82) is 0 Å². The Kier molecular flexibility index (Phi) is 10.2. The Morgan fingerprint density at radius 2 is 1.85 bits per heavy atom.